The van der Waals surface area contributed by atoms with Crippen molar-refractivity contribution in [1.29, 1.82) is 0 Å². The van der Waals surface area contributed by atoms with Crippen LogP contribution in [0.3, 0.4) is 0 Å². The van der Waals surface area contributed by atoms with Gasteiger partial charge in [0.15, 0.2) is 0 Å². The maximum absolute atomic E-state index is 11.8. The average Bonchev–Trinajstić information content (AvgIpc) is 2.03. The van der Waals surface area contributed by atoms with E-state index in [1.54, 1.807) is 0 Å². The topological polar surface area (TPSA) is 0 Å². The van der Waals surface area contributed by atoms with Crippen LogP contribution in [0.25, 0.3) is 0 Å². The van der Waals surface area contributed by atoms with Gasteiger partial charge in [-0.05, 0) is 25.3 Å². The second kappa shape index (κ2) is 4.95. The van der Waals surface area contributed by atoms with Crippen LogP contribution in [0.4, 0.5) is 8.78 Å². The minimum atomic E-state index is -2.16. The molecule has 0 saturated carbocycles. The van der Waals surface area contributed by atoms with Crippen LogP contribution in [0.5, 0.6) is 0 Å². The van der Waals surface area contributed by atoms with Crippen molar-refractivity contribution in [2.45, 2.75) is 32.6 Å². The number of aryl methyl sites for hydroxylation is 2. The molecule has 0 aliphatic carbocycles. The highest BCUT2D eigenvalue weighted by atomic mass is 19.3. The van der Waals surface area contributed by atoms with Crippen LogP contribution in [0, 0.1) is 6.92 Å². The summed E-state index contributed by atoms with van der Waals surface area (Å²) < 4.78 is 23.6. The van der Waals surface area contributed by atoms with E-state index in [0.29, 0.717) is 6.42 Å². The fourth-order valence-corrected chi connectivity index (χ4v) is 1.33. The van der Waals surface area contributed by atoms with Gasteiger partial charge in [-0.15, -0.1) is 0 Å². The summed E-state index contributed by atoms with van der Waals surface area (Å²) >= 11 is 0. The Kier molecular flexibility index (Phi) is 3.87. The maximum atomic E-state index is 11.8. The fraction of sp³-hybridized carbons (Fsp3) is 0.455. The smallest absolute Gasteiger partial charge is 0.211 e. The lowest BCUT2D eigenvalue weighted by Crippen LogP contribution is -1.92. The standard InChI is InChI=1S/C11H14F2/c1-9-4-2-5-10(8-9)6-3-7-11(12)13/h2,4-5,8,11H,3,6-7H2,1H3. The van der Waals surface area contributed by atoms with Crippen molar-refractivity contribution in [1.82, 2.24) is 0 Å². The maximum Gasteiger partial charge on any atom is 0.238 e. The number of hydrogen-bond acceptors (Lipinski definition) is 0. The van der Waals surface area contributed by atoms with E-state index in [1.165, 1.54) is 5.56 Å². The van der Waals surface area contributed by atoms with Crippen molar-refractivity contribution >= 4 is 0 Å². The summed E-state index contributed by atoms with van der Waals surface area (Å²) in [5.41, 5.74) is 2.34. The second-order valence-electron chi connectivity index (χ2n) is 3.27. The zero-order chi connectivity index (χ0) is 9.68. The molecule has 13 heavy (non-hydrogen) atoms. The lowest BCUT2D eigenvalue weighted by Gasteiger charge is -2.01. The molecular weight excluding hydrogens is 170 g/mol. The molecule has 0 saturated heterocycles. The zero-order valence-electron chi connectivity index (χ0n) is 7.76. The molecule has 0 amide bonds. The molecule has 0 N–H and O–H groups in total. The van der Waals surface area contributed by atoms with E-state index in [2.05, 4.69) is 0 Å². The zero-order valence-corrected chi connectivity index (χ0v) is 7.76. The molecule has 0 aliphatic rings. The first-order valence-corrected chi connectivity index (χ1v) is 4.52. The lowest BCUT2D eigenvalue weighted by atomic mass is 10.1. The van der Waals surface area contributed by atoms with Crippen molar-refractivity contribution in [3.8, 4) is 0 Å². The van der Waals surface area contributed by atoms with Gasteiger partial charge in [-0.2, -0.15) is 0 Å². The number of halogens is 2. The van der Waals surface area contributed by atoms with Crippen molar-refractivity contribution in [2.75, 3.05) is 0 Å². The van der Waals surface area contributed by atoms with Gasteiger partial charge in [0.2, 0.25) is 6.43 Å². The molecule has 0 heterocycles. The van der Waals surface area contributed by atoms with Crippen LogP contribution in [0.1, 0.15) is 24.0 Å². The van der Waals surface area contributed by atoms with Gasteiger partial charge >= 0.3 is 0 Å². The Morgan fingerprint density at radius 1 is 1.31 bits per heavy atom. The number of rotatable bonds is 4. The SMILES string of the molecule is Cc1cccc(CCCC(F)F)c1. The van der Waals surface area contributed by atoms with Gasteiger partial charge in [0, 0.05) is 6.42 Å². The third kappa shape index (κ3) is 4.02. The molecule has 0 aromatic heterocycles. The lowest BCUT2D eigenvalue weighted by molar-refractivity contribution is 0.135. The van der Waals surface area contributed by atoms with Crippen LogP contribution in [0.2, 0.25) is 0 Å². The first kappa shape index (κ1) is 10.2. The Morgan fingerprint density at radius 2 is 2.08 bits per heavy atom. The van der Waals surface area contributed by atoms with Crippen molar-refractivity contribution in [2.24, 2.45) is 0 Å². The van der Waals surface area contributed by atoms with Gasteiger partial charge in [0.1, 0.15) is 0 Å². The molecule has 0 fully saturated rings. The quantitative estimate of drug-likeness (QED) is 0.670. The molecule has 0 aliphatic heterocycles. The van der Waals surface area contributed by atoms with E-state index in [0.717, 1.165) is 12.0 Å². The van der Waals surface area contributed by atoms with Crippen molar-refractivity contribution < 1.29 is 8.78 Å². The normalized spacial score (nSPS) is 10.8. The molecule has 0 spiro atoms. The molecule has 1 aromatic rings. The van der Waals surface area contributed by atoms with E-state index >= 15 is 0 Å². The summed E-state index contributed by atoms with van der Waals surface area (Å²) in [4.78, 5) is 0. The van der Waals surface area contributed by atoms with Crippen LogP contribution < -0.4 is 0 Å². The predicted molar refractivity (Wildman–Crippen MR) is 50.1 cm³/mol. The van der Waals surface area contributed by atoms with Gasteiger partial charge < -0.3 is 0 Å². The summed E-state index contributed by atoms with van der Waals surface area (Å²) in [6.07, 6.45) is -0.828. The van der Waals surface area contributed by atoms with Gasteiger partial charge in [-0.1, -0.05) is 29.8 Å². The summed E-state index contributed by atoms with van der Waals surface area (Å²) in [6.45, 7) is 2.01. The average molecular weight is 184 g/mol. The molecule has 0 atom stereocenters. The summed E-state index contributed by atoms with van der Waals surface area (Å²) in [7, 11) is 0. The highest BCUT2D eigenvalue weighted by Crippen LogP contribution is 2.10. The Morgan fingerprint density at radius 3 is 2.69 bits per heavy atom. The minimum Gasteiger partial charge on any atom is -0.211 e. The first-order chi connectivity index (χ1) is 6.18. The Labute approximate surface area is 77.6 Å². The highest BCUT2D eigenvalue weighted by Gasteiger charge is 2.01. The minimum absolute atomic E-state index is 0.00788. The molecule has 1 rings (SSSR count). The van der Waals surface area contributed by atoms with Crippen LogP contribution in [-0.4, -0.2) is 6.43 Å². The van der Waals surface area contributed by atoms with Gasteiger partial charge in [0.25, 0.3) is 0 Å². The van der Waals surface area contributed by atoms with Crippen molar-refractivity contribution in [3.05, 3.63) is 35.4 Å². The van der Waals surface area contributed by atoms with Crippen LogP contribution >= 0.6 is 0 Å². The monoisotopic (exact) mass is 184 g/mol. The molecule has 0 nitrogen and oxygen atoms in total. The van der Waals surface area contributed by atoms with Gasteiger partial charge in [-0.25, -0.2) is 8.78 Å². The Bertz CT molecular complexity index is 256. The Balaban J connectivity index is 2.37. The molecular formula is C11H14F2. The van der Waals surface area contributed by atoms with E-state index in [9.17, 15) is 8.78 Å². The molecule has 2 heteroatoms. The predicted octanol–water partition coefficient (Wildman–Crippen LogP) is 3.58. The van der Waals surface area contributed by atoms with E-state index in [4.69, 9.17) is 0 Å². The van der Waals surface area contributed by atoms with E-state index < -0.39 is 6.43 Å². The first-order valence-electron chi connectivity index (χ1n) is 4.52. The number of benzene rings is 1. The number of hydrogen-bond donors (Lipinski definition) is 0. The molecule has 0 unspecified atom stereocenters. The van der Waals surface area contributed by atoms with Crippen LogP contribution in [0.15, 0.2) is 24.3 Å². The van der Waals surface area contributed by atoms with Gasteiger partial charge in [-0.3, -0.25) is 0 Å². The molecule has 1 aromatic carbocycles. The largest absolute Gasteiger partial charge is 0.238 e. The Hall–Kier alpha value is -0.920. The third-order valence-electron chi connectivity index (χ3n) is 1.97. The molecule has 0 radical (unpaired) electrons. The van der Waals surface area contributed by atoms with Crippen LogP contribution in [-0.2, 0) is 6.42 Å². The number of alkyl halides is 2. The summed E-state index contributed by atoms with van der Waals surface area (Å²) in [6, 6.07) is 8.01. The molecule has 0 bridgehead atoms. The highest BCUT2D eigenvalue weighted by molar-refractivity contribution is 5.22. The molecule has 72 valence electrons. The van der Waals surface area contributed by atoms with Gasteiger partial charge in [0.05, 0.1) is 0 Å². The fourth-order valence-electron chi connectivity index (χ4n) is 1.33. The third-order valence-corrected chi connectivity index (χ3v) is 1.97. The van der Waals surface area contributed by atoms with Crippen molar-refractivity contribution in [3.63, 3.8) is 0 Å². The van der Waals surface area contributed by atoms with E-state index in [-0.39, 0.29) is 6.42 Å². The summed E-state index contributed by atoms with van der Waals surface area (Å²) in [5, 5.41) is 0. The van der Waals surface area contributed by atoms with E-state index in [1.807, 2.05) is 31.2 Å². The summed E-state index contributed by atoms with van der Waals surface area (Å²) in [5.74, 6) is 0. The second-order valence-corrected chi connectivity index (χ2v) is 3.27.